The summed E-state index contributed by atoms with van der Waals surface area (Å²) in [5.41, 5.74) is 3.18. The van der Waals surface area contributed by atoms with Crippen LogP contribution in [0.5, 0.6) is 0 Å². The first-order valence-corrected chi connectivity index (χ1v) is 10.0. The molecular weight excluding hydrogens is 314 g/mol. The van der Waals surface area contributed by atoms with Crippen molar-refractivity contribution >= 4 is 11.3 Å². The summed E-state index contributed by atoms with van der Waals surface area (Å²) in [6.45, 7) is 8.39. The van der Waals surface area contributed by atoms with Gasteiger partial charge in [0, 0.05) is 63.2 Å². The summed E-state index contributed by atoms with van der Waals surface area (Å²) in [6, 6.07) is 14.1. The zero-order chi connectivity index (χ0) is 16.0. The highest BCUT2D eigenvalue weighted by Crippen LogP contribution is 2.43. The van der Waals surface area contributed by atoms with Crippen molar-refractivity contribution in [2.75, 3.05) is 39.3 Å². The van der Waals surface area contributed by atoms with Crippen LogP contribution in [0.4, 0.5) is 0 Å². The van der Waals surface area contributed by atoms with Crippen LogP contribution in [0.1, 0.15) is 11.1 Å². The average Bonchev–Trinajstić information content (AvgIpc) is 3.01. The molecule has 0 saturated carbocycles. The van der Waals surface area contributed by atoms with Gasteiger partial charge >= 0.3 is 0 Å². The van der Waals surface area contributed by atoms with Gasteiger partial charge in [-0.3, -0.25) is 0 Å². The first-order chi connectivity index (χ1) is 11.8. The molecule has 1 aromatic heterocycles. The van der Waals surface area contributed by atoms with E-state index in [1.165, 1.54) is 50.4 Å². The molecule has 24 heavy (non-hydrogen) atoms. The fourth-order valence-electron chi connectivity index (χ4n) is 5.30. The quantitative estimate of drug-likeness (QED) is 0.923. The van der Waals surface area contributed by atoms with E-state index in [4.69, 9.17) is 0 Å². The molecule has 4 saturated heterocycles. The van der Waals surface area contributed by atoms with Gasteiger partial charge in [-0.25, -0.2) is 0 Å². The Balaban J connectivity index is 1.51. The van der Waals surface area contributed by atoms with Crippen LogP contribution in [0.15, 0.2) is 47.2 Å². The van der Waals surface area contributed by atoms with Crippen LogP contribution in [-0.2, 0) is 12.0 Å². The smallest absolute Gasteiger partial charge is 0.0364 e. The van der Waals surface area contributed by atoms with Gasteiger partial charge in [0.1, 0.15) is 0 Å². The van der Waals surface area contributed by atoms with Crippen LogP contribution in [-0.4, -0.2) is 55.1 Å². The van der Waals surface area contributed by atoms with E-state index in [0.29, 0.717) is 6.04 Å². The van der Waals surface area contributed by atoms with Crippen molar-refractivity contribution in [3.8, 4) is 0 Å². The third kappa shape index (κ3) is 2.44. The minimum Gasteiger partial charge on any atom is -0.309 e. The van der Waals surface area contributed by atoms with E-state index in [2.05, 4.69) is 62.3 Å². The summed E-state index contributed by atoms with van der Waals surface area (Å²) in [6.07, 6.45) is 0. The van der Waals surface area contributed by atoms with E-state index in [-0.39, 0.29) is 5.41 Å². The number of thiophene rings is 1. The Labute approximate surface area is 148 Å². The molecule has 5 heterocycles. The second-order valence-electron chi connectivity index (χ2n) is 7.74. The molecule has 4 aliphatic rings. The Morgan fingerprint density at radius 2 is 1.79 bits per heavy atom. The maximum absolute atomic E-state index is 3.99. The highest BCUT2D eigenvalue weighted by atomic mass is 32.1. The molecule has 0 amide bonds. The highest BCUT2D eigenvalue weighted by molar-refractivity contribution is 7.07. The summed E-state index contributed by atoms with van der Waals surface area (Å²) in [7, 11) is 0. The second kappa shape index (κ2) is 5.95. The zero-order valence-corrected chi connectivity index (χ0v) is 14.8. The van der Waals surface area contributed by atoms with E-state index in [1.807, 2.05) is 0 Å². The molecule has 0 radical (unpaired) electrons. The van der Waals surface area contributed by atoms with E-state index in [9.17, 15) is 0 Å². The second-order valence-corrected chi connectivity index (χ2v) is 8.52. The summed E-state index contributed by atoms with van der Waals surface area (Å²) in [4.78, 5) is 5.43. The maximum atomic E-state index is 3.99. The topological polar surface area (TPSA) is 18.5 Å². The lowest BCUT2D eigenvalue weighted by Gasteiger charge is -2.56. The van der Waals surface area contributed by atoms with Crippen LogP contribution in [0, 0.1) is 5.92 Å². The molecule has 2 aromatic rings. The van der Waals surface area contributed by atoms with Crippen LogP contribution in [0.3, 0.4) is 0 Å². The van der Waals surface area contributed by atoms with Gasteiger partial charge in [-0.1, -0.05) is 30.3 Å². The minimum atomic E-state index is 0.231. The van der Waals surface area contributed by atoms with Gasteiger partial charge in [0.15, 0.2) is 0 Å². The molecule has 3 atom stereocenters. The van der Waals surface area contributed by atoms with Crippen LogP contribution < -0.4 is 5.32 Å². The lowest BCUT2D eigenvalue weighted by Crippen LogP contribution is -2.69. The number of hydrogen-bond acceptors (Lipinski definition) is 4. The van der Waals surface area contributed by atoms with Crippen LogP contribution in [0.2, 0.25) is 0 Å². The monoisotopic (exact) mass is 339 g/mol. The average molecular weight is 340 g/mol. The standard InChI is InChI=1S/C20H25N3S/c1-2-4-18(5-3-1)20-14-22-7-8-23(15-20)12-17(11-22)19(20)21-10-16-6-9-24-13-16/h1-6,9,13,17,19,21H,7-8,10-12,14-15H2. The van der Waals surface area contributed by atoms with Crippen molar-refractivity contribution < 1.29 is 0 Å². The molecule has 4 fully saturated rings. The predicted molar refractivity (Wildman–Crippen MR) is 99.4 cm³/mol. The molecule has 6 rings (SSSR count). The maximum Gasteiger partial charge on any atom is 0.0364 e. The molecule has 3 nitrogen and oxygen atoms in total. The zero-order valence-electron chi connectivity index (χ0n) is 14.0. The normalized spacial score (nSPS) is 37.5. The first kappa shape index (κ1) is 15.1. The van der Waals surface area contributed by atoms with E-state index in [1.54, 1.807) is 11.3 Å². The number of hydrogen-bond donors (Lipinski definition) is 1. The third-order valence-corrected chi connectivity index (χ3v) is 6.98. The SMILES string of the molecule is c1ccc(C23CN4CCN(CC(C4)C2NCc2ccsc2)C3)cc1. The van der Waals surface area contributed by atoms with Crippen molar-refractivity contribution in [2.45, 2.75) is 18.0 Å². The fraction of sp³-hybridized carbons (Fsp3) is 0.500. The van der Waals surface area contributed by atoms with Gasteiger partial charge in [-0.05, 0) is 28.0 Å². The number of fused-ring (bicyclic) bond motifs is 1. The lowest BCUT2D eigenvalue weighted by molar-refractivity contribution is 0.0175. The Hall–Kier alpha value is -1.20. The number of piperidine rings is 2. The van der Waals surface area contributed by atoms with Gasteiger partial charge in [-0.2, -0.15) is 11.3 Å². The lowest BCUT2D eigenvalue weighted by atomic mass is 9.64. The van der Waals surface area contributed by atoms with E-state index >= 15 is 0 Å². The number of nitrogens with zero attached hydrogens (tertiary/aromatic N) is 2. The fourth-order valence-corrected chi connectivity index (χ4v) is 5.96. The Kier molecular flexibility index (Phi) is 3.74. The summed E-state index contributed by atoms with van der Waals surface area (Å²) in [5.74, 6) is 0.730. The minimum absolute atomic E-state index is 0.231. The molecule has 0 spiro atoms. The van der Waals surface area contributed by atoms with Gasteiger partial charge in [0.2, 0.25) is 0 Å². The summed E-state index contributed by atoms with van der Waals surface area (Å²) >= 11 is 1.80. The van der Waals surface area contributed by atoms with Crippen molar-refractivity contribution in [3.63, 3.8) is 0 Å². The van der Waals surface area contributed by atoms with Gasteiger partial charge in [0.05, 0.1) is 0 Å². The van der Waals surface area contributed by atoms with Gasteiger partial charge < -0.3 is 15.1 Å². The number of rotatable bonds is 4. The Morgan fingerprint density at radius 1 is 1.04 bits per heavy atom. The van der Waals surface area contributed by atoms with Gasteiger partial charge in [-0.15, -0.1) is 0 Å². The molecule has 4 aliphatic heterocycles. The van der Waals surface area contributed by atoms with Crippen molar-refractivity contribution in [1.82, 2.24) is 15.1 Å². The van der Waals surface area contributed by atoms with E-state index < -0.39 is 0 Å². The molecule has 4 bridgehead atoms. The number of benzene rings is 1. The van der Waals surface area contributed by atoms with E-state index in [0.717, 1.165) is 12.5 Å². The van der Waals surface area contributed by atoms with Crippen molar-refractivity contribution in [1.29, 1.82) is 0 Å². The summed E-state index contributed by atoms with van der Waals surface area (Å²) < 4.78 is 0. The highest BCUT2D eigenvalue weighted by Gasteiger charge is 2.54. The van der Waals surface area contributed by atoms with Gasteiger partial charge in [0.25, 0.3) is 0 Å². The molecular formula is C20H25N3S. The first-order valence-electron chi connectivity index (χ1n) is 9.08. The van der Waals surface area contributed by atoms with Crippen molar-refractivity contribution in [2.24, 2.45) is 5.92 Å². The number of nitrogens with one attached hydrogen (secondary N) is 1. The Bertz CT molecular complexity index is 668. The van der Waals surface area contributed by atoms with Crippen LogP contribution >= 0.6 is 11.3 Å². The molecule has 4 heteroatoms. The molecule has 0 aliphatic carbocycles. The molecule has 126 valence electrons. The third-order valence-electron chi connectivity index (χ3n) is 6.25. The summed E-state index contributed by atoms with van der Waals surface area (Å²) in [5, 5.41) is 8.45. The molecule has 3 unspecified atom stereocenters. The van der Waals surface area contributed by atoms with Crippen LogP contribution in [0.25, 0.3) is 0 Å². The largest absolute Gasteiger partial charge is 0.309 e. The predicted octanol–water partition coefficient (Wildman–Crippen LogP) is 2.41. The Morgan fingerprint density at radius 3 is 2.46 bits per heavy atom. The molecule has 1 N–H and O–H groups in total. The molecule has 1 aromatic carbocycles. The van der Waals surface area contributed by atoms with Crippen molar-refractivity contribution in [3.05, 3.63) is 58.3 Å².